The first-order chi connectivity index (χ1) is 15.7. The number of nitrogens with zero attached hydrogens (tertiary/aromatic N) is 3. The number of carbonyl (C=O) groups is 1. The molecule has 0 atom stereocenters. The molecule has 1 amide bonds. The number of hydrogen-bond donors (Lipinski definition) is 0. The van der Waals surface area contributed by atoms with E-state index in [4.69, 9.17) is 4.74 Å². The minimum atomic E-state index is -4.17. The Morgan fingerprint density at radius 2 is 1.67 bits per heavy atom. The molecule has 0 saturated heterocycles. The molecule has 3 rings (SSSR count). The maximum atomic E-state index is 13.4. The van der Waals surface area contributed by atoms with E-state index in [0.717, 1.165) is 15.9 Å². The second-order valence-corrected chi connectivity index (χ2v) is 9.03. The number of amides is 1. The summed E-state index contributed by atoms with van der Waals surface area (Å²) in [7, 11) is -1.10. The Morgan fingerprint density at radius 3 is 2.33 bits per heavy atom. The Labute approximate surface area is 192 Å². The number of methoxy groups -OCH3 is 1. The van der Waals surface area contributed by atoms with E-state index in [-0.39, 0.29) is 22.8 Å². The molecule has 0 heterocycles. The molecule has 0 radical (unpaired) electrons. The van der Waals surface area contributed by atoms with E-state index >= 15 is 0 Å². The molecule has 0 aliphatic heterocycles. The summed E-state index contributed by atoms with van der Waals surface area (Å²) in [5.41, 5.74) is 0.492. The molecule has 0 aliphatic carbocycles. The molecule has 9 nitrogen and oxygen atoms in total. The summed E-state index contributed by atoms with van der Waals surface area (Å²) in [6.07, 6.45) is 0. The van der Waals surface area contributed by atoms with Crippen LogP contribution in [0.25, 0.3) is 0 Å². The molecule has 33 heavy (non-hydrogen) atoms. The molecule has 3 aromatic carbocycles. The van der Waals surface area contributed by atoms with Crippen molar-refractivity contribution in [2.24, 2.45) is 0 Å². The fourth-order valence-corrected chi connectivity index (χ4v) is 4.64. The third kappa shape index (κ3) is 5.47. The predicted molar refractivity (Wildman–Crippen MR) is 124 cm³/mol. The van der Waals surface area contributed by atoms with E-state index in [2.05, 4.69) is 0 Å². The van der Waals surface area contributed by atoms with Crippen LogP contribution >= 0.6 is 0 Å². The van der Waals surface area contributed by atoms with E-state index in [0.29, 0.717) is 5.75 Å². The number of benzene rings is 3. The van der Waals surface area contributed by atoms with Crippen LogP contribution in [0, 0.1) is 10.1 Å². The Bertz CT molecular complexity index is 1250. The number of nitro benzene ring substituents is 1. The SMILES string of the molecule is COc1ccccc1CN(C)C(=O)CN(c1cccc([N+](=O)[O-])c1)S(=O)(=O)c1ccccc1. The quantitative estimate of drug-likeness (QED) is 0.351. The summed E-state index contributed by atoms with van der Waals surface area (Å²) in [6.45, 7) is -0.346. The molecule has 0 saturated carbocycles. The van der Waals surface area contributed by atoms with Crippen molar-refractivity contribution in [3.8, 4) is 5.75 Å². The number of anilines is 1. The average molecular weight is 470 g/mol. The van der Waals surface area contributed by atoms with Crippen molar-refractivity contribution in [2.45, 2.75) is 11.4 Å². The summed E-state index contributed by atoms with van der Waals surface area (Å²) in [4.78, 5) is 25.0. The first-order valence-electron chi connectivity index (χ1n) is 9.92. The lowest BCUT2D eigenvalue weighted by molar-refractivity contribution is -0.384. The van der Waals surface area contributed by atoms with Crippen LogP contribution < -0.4 is 9.04 Å². The van der Waals surface area contributed by atoms with E-state index in [9.17, 15) is 23.3 Å². The van der Waals surface area contributed by atoms with Crippen LogP contribution in [0.5, 0.6) is 5.75 Å². The van der Waals surface area contributed by atoms with Crippen LogP contribution in [0.15, 0.2) is 83.8 Å². The van der Waals surface area contributed by atoms with Crippen LogP contribution in [0.3, 0.4) is 0 Å². The molecule has 0 N–H and O–H groups in total. The van der Waals surface area contributed by atoms with Crippen molar-refractivity contribution >= 4 is 27.3 Å². The zero-order valence-corrected chi connectivity index (χ0v) is 18.9. The molecular weight excluding hydrogens is 446 g/mol. The first-order valence-corrected chi connectivity index (χ1v) is 11.4. The minimum Gasteiger partial charge on any atom is -0.496 e. The number of non-ortho nitro benzene ring substituents is 1. The predicted octanol–water partition coefficient (Wildman–Crippen LogP) is 3.46. The van der Waals surface area contributed by atoms with Crippen LogP contribution in [-0.4, -0.2) is 44.9 Å². The smallest absolute Gasteiger partial charge is 0.271 e. The van der Waals surface area contributed by atoms with Gasteiger partial charge in [0, 0.05) is 31.3 Å². The van der Waals surface area contributed by atoms with Crippen LogP contribution in [0.2, 0.25) is 0 Å². The normalized spacial score (nSPS) is 11.0. The van der Waals surface area contributed by atoms with E-state index in [1.807, 2.05) is 12.1 Å². The van der Waals surface area contributed by atoms with Gasteiger partial charge < -0.3 is 9.64 Å². The lowest BCUT2D eigenvalue weighted by Crippen LogP contribution is -2.41. The lowest BCUT2D eigenvalue weighted by atomic mass is 10.2. The maximum absolute atomic E-state index is 13.4. The third-order valence-corrected chi connectivity index (χ3v) is 6.75. The standard InChI is InChI=1S/C23H23N3O6S/c1-24(16-18-9-6-7-14-22(18)32-2)23(27)17-25(19-10-8-11-20(15-19)26(28)29)33(30,31)21-12-4-3-5-13-21/h3-15H,16-17H2,1-2H3. The van der Waals surface area contributed by atoms with Crippen LogP contribution in [-0.2, 0) is 21.4 Å². The number of likely N-dealkylation sites (N-methyl/N-ethyl adjacent to an activating group) is 1. The number of carbonyl (C=O) groups excluding carboxylic acids is 1. The number of ether oxygens (including phenoxy) is 1. The molecule has 0 unspecified atom stereocenters. The molecular formula is C23H23N3O6S. The Balaban J connectivity index is 1.95. The first kappa shape index (κ1) is 23.7. The zero-order chi connectivity index (χ0) is 24.0. The molecule has 10 heteroatoms. The van der Waals surface area contributed by atoms with Gasteiger partial charge in [0.05, 0.1) is 22.6 Å². The molecule has 0 aromatic heterocycles. The van der Waals surface area contributed by atoms with Gasteiger partial charge in [-0.1, -0.05) is 42.5 Å². The maximum Gasteiger partial charge on any atom is 0.271 e. The fraction of sp³-hybridized carbons (Fsp3) is 0.174. The second-order valence-electron chi connectivity index (χ2n) is 7.16. The van der Waals surface area contributed by atoms with Crippen LogP contribution in [0.1, 0.15) is 5.56 Å². The highest BCUT2D eigenvalue weighted by atomic mass is 32.2. The summed E-state index contributed by atoms with van der Waals surface area (Å²) in [5, 5.41) is 11.2. The molecule has 0 spiro atoms. The number of hydrogen-bond acceptors (Lipinski definition) is 6. The highest BCUT2D eigenvalue weighted by Gasteiger charge is 2.29. The van der Waals surface area contributed by atoms with Gasteiger partial charge in [-0.3, -0.25) is 19.2 Å². The second kappa shape index (κ2) is 10.1. The van der Waals surface area contributed by atoms with Gasteiger partial charge in [-0.15, -0.1) is 0 Å². The summed E-state index contributed by atoms with van der Waals surface area (Å²) < 4.78 is 33.0. The van der Waals surface area contributed by atoms with Gasteiger partial charge in [-0.2, -0.15) is 0 Å². The highest BCUT2D eigenvalue weighted by molar-refractivity contribution is 7.92. The number of rotatable bonds is 9. The topological polar surface area (TPSA) is 110 Å². The monoisotopic (exact) mass is 469 g/mol. The number of para-hydroxylation sites is 1. The molecule has 0 fully saturated rings. The van der Waals surface area contributed by atoms with Crippen molar-refractivity contribution in [1.82, 2.24) is 4.90 Å². The molecule has 3 aromatic rings. The number of sulfonamides is 1. The lowest BCUT2D eigenvalue weighted by Gasteiger charge is -2.27. The van der Waals surface area contributed by atoms with Gasteiger partial charge in [0.2, 0.25) is 5.91 Å². The van der Waals surface area contributed by atoms with Gasteiger partial charge in [-0.25, -0.2) is 8.42 Å². The summed E-state index contributed by atoms with van der Waals surface area (Å²) in [5.74, 6) is 0.108. The van der Waals surface area contributed by atoms with Crippen molar-refractivity contribution in [1.29, 1.82) is 0 Å². The van der Waals surface area contributed by atoms with Gasteiger partial charge >= 0.3 is 0 Å². The van der Waals surface area contributed by atoms with E-state index in [1.54, 1.807) is 37.4 Å². The average Bonchev–Trinajstić information content (AvgIpc) is 2.83. The minimum absolute atomic E-state index is 0.0205. The molecule has 0 bridgehead atoms. The number of nitro groups is 1. The summed E-state index contributed by atoms with van der Waals surface area (Å²) in [6, 6.07) is 20.0. The van der Waals surface area contributed by atoms with Gasteiger partial charge in [0.1, 0.15) is 12.3 Å². The van der Waals surface area contributed by atoms with Crippen molar-refractivity contribution in [2.75, 3.05) is 25.0 Å². The Morgan fingerprint density at radius 1 is 1.00 bits per heavy atom. The Kier molecular flexibility index (Phi) is 7.29. The van der Waals surface area contributed by atoms with E-state index < -0.39 is 27.4 Å². The van der Waals surface area contributed by atoms with Gasteiger partial charge in [0.15, 0.2) is 0 Å². The van der Waals surface area contributed by atoms with Crippen molar-refractivity contribution in [3.05, 3.63) is 94.5 Å². The zero-order valence-electron chi connectivity index (χ0n) is 18.1. The third-order valence-electron chi connectivity index (χ3n) is 4.96. The fourth-order valence-electron chi connectivity index (χ4n) is 3.22. The largest absolute Gasteiger partial charge is 0.496 e. The van der Waals surface area contributed by atoms with Gasteiger partial charge in [-0.05, 0) is 24.3 Å². The Hall–Kier alpha value is -3.92. The van der Waals surface area contributed by atoms with Crippen molar-refractivity contribution < 1.29 is 22.9 Å². The highest BCUT2D eigenvalue weighted by Crippen LogP contribution is 2.27. The summed E-state index contributed by atoms with van der Waals surface area (Å²) >= 11 is 0. The molecule has 172 valence electrons. The molecule has 0 aliphatic rings. The van der Waals surface area contributed by atoms with Gasteiger partial charge in [0.25, 0.3) is 15.7 Å². The van der Waals surface area contributed by atoms with Crippen LogP contribution in [0.4, 0.5) is 11.4 Å². The van der Waals surface area contributed by atoms with Crippen molar-refractivity contribution in [3.63, 3.8) is 0 Å². The van der Waals surface area contributed by atoms with E-state index in [1.165, 1.54) is 42.3 Å².